The Balaban J connectivity index is 1.46. The molecule has 0 spiro atoms. The highest BCUT2D eigenvalue weighted by Crippen LogP contribution is 2.13. The lowest BCUT2D eigenvalue weighted by atomic mass is 10.2. The molecule has 28 heavy (non-hydrogen) atoms. The zero-order chi connectivity index (χ0) is 19.4. The van der Waals surface area contributed by atoms with Gasteiger partial charge in [0.2, 0.25) is 0 Å². The Labute approximate surface area is 171 Å². The van der Waals surface area contributed by atoms with Crippen molar-refractivity contribution >= 4 is 17.3 Å². The number of benzene rings is 1. The Morgan fingerprint density at radius 3 is 2.89 bits per heavy atom. The van der Waals surface area contributed by atoms with Crippen molar-refractivity contribution in [2.24, 2.45) is 4.99 Å². The molecule has 2 N–H and O–H groups in total. The highest BCUT2D eigenvalue weighted by molar-refractivity contribution is 7.07. The number of nitrogens with zero attached hydrogens (tertiary/aromatic N) is 2. The molecule has 3 rings (SSSR count). The topological polar surface area (TPSA) is 58.1 Å². The summed E-state index contributed by atoms with van der Waals surface area (Å²) in [5.74, 6) is 1.74. The maximum atomic E-state index is 5.95. The van der Waals surface area contributed by atoms with Gasteiger partial charge in [0.05, 0.1) is 19.8 Å². The summed E-state index contributed by atoms with van der Waals surface area (Å²) >= 11 is 1.70. The minimum absolute atomic E-state index is 0.684. The van der Waals surface area contributed by atoms with Crippen LogP contribution in [0.5, 0.6) is 5.75 Å². The first kappa shape index (κ1) is 20.6. The molecule has 1 aromatic carbocycles. The lowest BCUT2D eigenvalue weighted by Gasteiger charge is -2.26. The second-order valence-electron chi connectivity index (χ2n) is 6.63. The van der Waals surface area contributed by atoms with Crippen molar-refractivity contribution in [2.45, 2.75) is 20.0 Å². The lowest BCUT2D eigenvalue weighted by molar-refractivity contribution is 0.0322. The highest BCUT2D eigenvalue weighted by atomic mass is 32.1. The van der Waals surface area contributed by atoms with E-state index in [0.717, 1.165) is 51.1 Å². The first-order valence-corrected chi connectivity index (χ1v) is 10.8. The van der Waals surface area contributed by atoms with Crippen LogP contribution < -0.4 is 15.4 Å². The van der Waals surface area contributed by atoms with Crippen LogP contribution in [0.4, 0.5) is 0 Å². The number of nitrogens with one attached hydrogen (secondary N) is 2. The predicted molar refractivity (Wildman–Crippen MR) is 115 cm³/mol. The summed E-state index contributed by atoms with van der Waals surface area (Å²) in [7, 11) is 0. The van der Waals surface area contributed by atoms with E-state index in [1.807, 2.05) is 12.1 Å². The molecule has 0 amide bonds. The smallest absolute Gasteiger partial charge is 0.191 e. The van der Waals surface area contributed by atoms with E-state index in [1.165, 1.54) is 11.1 Å². The third-order valence-corrected chi connectivity index (χ3v) is 5.21. The maximum Gasteiger partial charge on any atom is 0.191 e. The van der Waals surface area contributed by atoms with E-state index in [-0.39, 0.29) is 0 Å². The van der Waals surface area contributed by atoms with Crippen molar-refractivity contribution < 1.29 is 9.47 Å². The molecule has 1 aliphatic rings. The van der Waals surface area contributed by atoms with Gasteiger partial charge in [-0.15, -0.1) is 0 Å². The number of ether oxygens (including phenoxy) is 2. The van der Waals surface area contributed by atoms with Crippen LogP contribution in [0.25, 0.3) is 0 Å². The molecule has 0 saturated carbocycles. The standard InChI is InChI=1S/C21H30N4O2S/c1-2-22-21(24-16-19-6-13-28-17-19)23-15-18-4-3-5-20(14-18)27-12-9-25-7-10-26-11-8-25/h3-6,13-14,17H,2,7-12,15-16H2,1H3,(H2,22,23,24). The van der Waals surface area contributed by atoms with Gasteiger partial charge >= 0.3 is 0 Å². The largest absolute Gasteiger partial charge is 0.492 e. The summed E-state index contributed by atoms with van der Waals surface area (Å²) in [4.78, 5) is 7.03. The Morgan fingerprint density at radius 1 is 1.21 bits per heavy atom. The molecule has 2 aromatic rings. The number of rotatable bonds is 9. The van der Waals surface area contributed by atoms with Crippen molar-refractivity contribution in [3.63, 3.8) is 0 Å². The minimum atomic E-state index is 0.684. The van der Waals surface area contributed by atoms with Crippen molar-refractivity contribution in [3.05, 3.63) is 52.2 Å². The fraction of sp³-hybridized carbons (Fsp3) is 0.476. The average molecular weight is 403 g/mol. The SMILES string of the molecule is CCNC(=NCc1ccsc1)NCc1cccc(OCCN2CCOCC2)c1. The molecule has 1 aliphatic heterocycles. The van der Waals surface area contributed by atoms with Crippen LogP contribution in [-0.4, -0.2) is 56.9 Å². The van der Waals surface area contributed by atoms with E-state index in [1.54, 1.807) is 11.3 Å². The molecule has 0 atom stereocenters. The van der Waals surface area contributed by atoms with Crippen LogP contribution >= 0.6 is 11.3 Å². The van der Waals surface area contributed by atoms with Gasteiger partial charge < -0.3 is 20.1 Å². The zero-order valence-corrected chi connectivity index (χ0v) is 17.3. The van der Waals surface area contributed by atoms with Crippen LogP contribution in [0.3, 0.4) is 0 Å². The van der Waals surface area contributed by atoms with E-state index >= 15 is 0 Å². The van der Waals surface area contributed by atoms with E-state index < -0.39 is 0 Å². The van der Waals surface area contributed by atoms with Crippen LogP contribution in [-0.2, 0) is 17.8 Å². The van der Waals surface area contributed by atoms with Gasteiger partial charge in [0.1, 0.15) is 12.4 Å². The van der Waals surface area contributed by atoms with Crippen molar-refractivity contribution in [1.29, 1.82) is 0 Å². The van der Waals surface area contributed by atoms with Crippen LogP contribution in [0.15, 0.2) is 46.1 Å². The number of hydrogen-bond donors (Lipinski definition) is 2. The molecule has 1 aromatic heterocycles. The van der Waals surface area contributed by atoms with E-state index in [0.29, 0.717) is 19.7 Å². The van der Waals surface area contributed by atoms with Gasteiger partial charge in [-0.1, -0.05) is 12.1 Å². The Kier molecular flexibility index (Phi) is 8.61. The Bertz CT molecular complexity index is 715. The molecule has 0 bridgehead atoms. The molecule has 0 radical (unpaired) electrons. The van der Waals surface area contributed by atoms with Crippen molar-refractivity contribution in [2.75, 3.05) is 46.0 Å². The van der Waals surface area contributed by atoms with Gasteiger partial charge in [-0.2, -0.15) is 11.3 Å². The van der Waals surface area contributed by atoms with Crippen LogP contribution in [0.1, 0.15) is 18.1 Å². The number of thiophene rings is 1. The number of hydrogen-bond acceptors (Lipinski definition) is 5. The number of morpholine rings is 1. The first-order chi connectivity index (χ1) is 13.8. The summed E-state index contributed by atoms with van der Waals surface area (Å²) < 4.78 is 11.3. The first-order valence-electron chi connectivity index (χ1n) is 9.88. The van der Waals surface area contributed by atoms with Gasteiger partial charge in [-0.05, 0) is 47.0 Å². The van der Waals surface area contributed by atoms with Gasteiger partial charge in [0.15, 0.2) is 5.96 Å². The molecule has 0 aliphatic carbocycles. The fourth-order valence-electron chi connectivity index (χ4n) is 2.94. The van der Waals surface area contributed by atoms with E-state index in [9.17, 15) is 0 Å². The minimum Gasteiger partial charge on any atom is -0.492 e. The van der Waals surface area contributed by atoms with Gasteiger partial charge in [-0.25, -0.2) is 4.99 Å². The van der Waals surface area contributed by atoms with E-state index in [2.05, 4.69) is 56.4 Å². The Hall–Kier alpha value is -2.09. The summed E-state index contributed by atoms with van der Waals surface area (Å²) in [6, 6.07) is 10.4. The molecular weight excluding hydrogens is 372 g/mol. The molecule has 1 saturated heterocycles. The van der Waals surface area contributed by atoms with Gasteiger partial charge in [0.25, 0.3) is 0 Å². The molecule has 0 unspecified atom stereocenters. The Morgan fingerprint density at radius 2 is 2.11 bits per heavy atom. The van der Waals surface area contributed by atoms with E-state index in [4.69, 9.17) is 9.47 Å². The molecule has 152 valence electrons. The monoisotopic (exact) mass is 402 g/mol. The van der Waals surface area contributed by atoms with Gasteiger partial charge in [-0.3, -0.25) is 4.90 Å². The van der Waals surface area contributed by atoms with Crippen molar-refractivity contribution in [1.82, 2.24) is 15.5 Å². The highest BCUT2D eigenvalue weighted by Gasteiger charge is 2.09. The van der Waals surface area contributed by atoms with Gasteiger partial charge in [0, 0.05) is 32.7 Å². The fourth-order valence-corrected chi connectivity index (χ4v) is 3.60. The summed E-state index contributed by atoms with van der Waals surface area (Å²) in [5, 5.41) is 10.9. The zero-order valence-electron chi connectivity index (χ0n) is 16.5. The molecule has 1 fully saturated rings. The molecule has 7 heteroatoms. The molecular formula is C21H30N4O2S. The average Bonchev–Trinajstić information content (AvgIpc) is 3.25. The summed E-state index contributed by atoms with van der Waals surface area (Å²) in [6.45, 7) is 9.56. The molecule has 2 heterocycles. The lowest BCUT2D eigenvalue weighted by Crippen LogP contribution is -2.38. The maximum absolute atomic E-state index is 5.95. The second kappa shape index (κ2) is 11.7. The normalized spacial score (nSPS) is 15.4. The van der Waals surface area contributed by atoms with Crippen LogP contribution in [0.2, 0.25) is 0 Å². The number of aliphatic imine (C=N–C) groups is 1. The third-order valence-electron chi connectivity index (χ3n) is 4.48. The predicted octanol–water partition coefficient (Wildman–Crippen LogP) is 2.71. The quantitative estimate of drug-likeness (QED) is 0.499. The van der Waals surface area contributed by atoms with Crippen molar-refractivity contribution in [3.8, 4) is 5.75 Å². The molecule has 6 nitrogen and oxygen atoms in total. The third kappa shape index (κ3) is 7.14. The van der Waals surface area contributed by atoms with Crippen LogP contribution in [0, 0.1) is 0 Å². The summed E-state index contributed by atoms with van der Waals surface area (Å²) in [6.07, 6.45) is 0. The second-order valence-corrected chi connectivity index (χ2v) is 7.41. The number of guanidine groups is 1. The summed E-state index contributed by atoms with van der Waals surface area (Å²) in [5.41, 5.74) is 2.41.